The molecule has 0 radical (unpaired) electrons. The molecular formula is C13H13NO3S. The maximum Gasteiger partial charge on any atom is 0.238 e. The molecule has 5 heteroatoms. The van der Waals surface area contributed by atoms with Gasteiger partial charge < -0.3 is 14.1 Å². The Balaban J connectivity index is 1.78. The van der Waals surface area contributed by atoms with E-state index in [4.69, 9.17) is 9.15 Å². The molecule has 1 fully saturated rings. The molecule has 2 aromatic rings. The van der Waals surface area contributed by atoms with Crippen LogP contribution in [0.1, 0.15) is 15.4 Å². The average Bonchev–Trinajstić information content (AvgIpc) is 3.10. The van der Waals surface area contributed by atoms with E-state index in [2.05, 4.69) is 4.90 Å². The molecule has 1 aliphatic heterocycles. The van der Waals surface area contributed by atoms with Gasteiger partial charge in [0.05, 0.1) is 18.1 Å². The lowest BCUT2D eigenvalue weighted by Crippen LogP contribution is -2.35. The van der Waals surface area contributed by atoms with Crippen LogP contribution in [0, 0.1) is 0 Å². The van der Waals surface area contributed by atoms with E-state index in [1.54, 1.807) is 6.07 Å². The summed E-state index contributed by atoms with van der Waals surface area (Å²) in [6, 6.07) is 7.27. The topological polar surface area (TPSA) is 42.7 Å². The number of ketones is 1. The number of ether oxygens (including phenoxy) is 1. The molecule has 3 heterocycles. The maximum atomic E-state index is 12.1. The van der Waals surface area contributed by atoms with Gasteiger partial charge in [0, 0.05) is 19.2 Å². The van der Waals surface area contributed by atoms with Crippen molar-refractivity contribution in [3.63, 3.8) is 0 Å². The van der Waals surface area contributed by atoms with Crippen molar-refractivity contribution < 1.29 is 13.9 Å². The first-order chi connectivity index (χ1) is 8.84. The summed E-state index contributed by atoms with van der Waals surface area (Å²) >= 11 is 1.43. The van der Waals surface area contributed by atoms with Gasteiger partial charge in [-0.25, -0.2) is 0 Å². The summed E-state index contributed by atoms with van der Waals surface area (Å²) in [7, 11) is 0. The zero-order valence-electron chi connectivity index (χ0n) is 9.80. The van der Waals surface area contributed by atoms with Gasteiger partial charge in [-0.3, -0.25) is 4.79 Å². The molecular weight excluding hydrogens is 250 g/mol. The number of carbonyl (C=O) groups excluding carboxylic acids is 1. The molecule has 3 rings (SSSR count). The molecule has 18 heavy (non-hydrogen) atoms. The normalized spacial score (nSPS) is 15.9. The van der Waals surface area contributed by atoms with Gasteiger partial charge in [-0.05, 0) is 17.5 Å². The second kappa shape index (κ2) is 4.96. The molecule has 94 valence electrons. The maximum absolute atomic E-state index is 12.1. The quantitative estimate of drug-likeness (QED) is 0.798. The van der Waals surface area contributed by atoms with Crippen LogP contribution in [-0.2, 0) is 4.74 Å². The van der Waals surface area contributed by atoms with Crippen molar-refractivity contribution in [2.24, 2.45) is 0 Å². The SMILES string of the molecule is O=C(c1ccc(N2CCOCC2)o1)c1cccs1. The number of hydrogen-bond acceptors (Lipinski definition) is 5. The Morgan fingerprint density at radius 1 is 1.22 bits per heavy atom. The largest absolute Gasteiger partial charge is 0.437 e. The lowest BCUT2D eigenvalue weighted by Gasteiger charge is -2.26. The van der Waals surface area contributed by atoms with E-state index < -0.39 is 0 Å². The fraction of sp³-hybridized carbons (Fsp3) is 0.308. The zero-order valence-corrected chi connectivity index (χ0v) is 10.6. The summed E-state index contributed by atoms with van der Waals surface area (Å²) in [5.41, 5.74) is 0. The van der Waals surface area contributed by atoms with Crippen molar-refractivity contribution in [1.29, 1.82) is 0 Å². The van der Waals surface area contributed by atoms with E-state index in [1.807, 2.05) is 23.6 Å². The summed E-state index contributed by atoms with van der Waals surface area (Å²) in [5, 5.41) is 1.89. The van der Waals surface area contributed by atoms with Crippen LogP contribution >= 0.6 is 11.3 Å². The predicted octanol–water partition coefficient (Wildman–Crippen LogP) is 2.41. The summed E-state index contributed by atoms with van der Waals surface area (Å²) in [4.78, 5) is 14.9. The Morgan fingerprint density at radius 3 is 2.78 bits per heavy atom. The first-order valence-corrected chi connectivity index (χ1v) is 6.73. The van der Waals surface area contributed by atoms with Crippen LogP contribution in [0.5, 0.6) is 0 Å². The van der Waals surface area contributed by atoms with Crippen LogP contribution in [0.15, 0.2) is 34.1 Å². The first-order valence-electron chi connectivity index (χ1n) is 5.85. The Hall–Kier alpha value is -1.59. The third-order valence-electron chi connectivity index (χ3n) is 2.88. The first kappa shape index (κ1) is 11.5. The average molecular weight is 263 g/mol. The predicted molar refractivity (Wildman–Crippen MR) is 69.5 cm³/mol. The highest BCUT2D eigenvalue weighted by Crippen LogP contribution is 2.23. The number of nitrogens with zero attached hydrogens (tertiary/aromatic N) is 1. The van der Waals surface area contributed by atoms with Crippen molar-refractivity contribution in [1.82, 2.24) is 0 Å². The van der Waals surface area contributed by atoms with Crippen molar-refractivity contribution in [3.8, 4) is 0 Å². The summed E-state index contributed by atoms with van der Waals surface area (Å²) in [6.45, 7) is 3.02. The lowest BCUT2D eigenvalue weighted by molar-refractivity contribution is 0.101. The number of anilines is 1. The smallest absolute Gasteiger partial charge is 0.238 e. The highest BCUT2D eigenvalue weighted by molar-refractivity contribution is 7.12. The van der Waals surface area contributed by atoms with Gasteiger partial charge in [-0.15, -0.1) is 11.3 Å². The highest BCUT2D eigenvalue weighted by atomic mass is 32.1. The molecule has 0 aromatic carbocycles. The van der Waals surface area contributed by atoms with Gasteiger partial charge in [0.2, 0.25) is 5.78 Å². The Kier molecular flexibility index (Phi) is 3.17. The third kappa shape index (κ3) is 2.19. The number of thiophene rings is 1. The zero-order chi connectivity index (χ0) is 12.4. The molecule has 0 aliphatic carbocycles. The van der Waals surface area contributed by atoms with Gasteiger partial charge in [-0.1, -0.05) is 6.07 Å². The minimum absolute atomic E-state index is 0.0514. The monoisotopic (exact) mass is 263 g/mol. The van der Waals surface area contributed by atoms with E-state index in [1.165, 1.54) is 11.3 Å². The van der Waals surface area contributed by atoms with E-state index in [-0.39, 0.29) is 5.78 Å². The van der Waals surface area contributed by atoms with Gasteiger partial charge in [0.15, 0.2) is 11.6 Å². The molecule has 0 unspecified atom stereocenters. The van der Waals surface area contributed by atoms with Crippen LogP contribution < -0.4 is 4.90 Å². The van der Waals surface area contributed by atoms with Crippen LogP contribution in [0.4, 0.5) is 5.88 Å². The van der Waals surface area contributed by atoms with Gasteiger partial charge in [0.25, 0.3) is 0 Å². The van der Waals surface area contributed by atoms with E-state index in [9.17, 15) is 4.79 Å². The fourth-order valence-electron chi connectivity index (χ4n) is 1.93. The fourth-order valence-corrected chi connectivity index (χ4v) is 2.60. The van der Waals surface area contributed by atoms with Crippen molar-refractivity contribution >= 4 is 23.0 Å². The molecule has 2 aromatic heterocycles. The number of furan rings is 1. The minimum Gasteiger partial charge on any atom is -0.437 e. The summed E-state index contributed by atoms with van der Waals surface area (Å²) in [6.07, 6.45) is 0. The Labute approximate surface area is 109 Å². The van der Waals surface area contributed by atoms with Crippen molar-refractivity contribution in [2.75, 3.05) is 31.2 Å². The summed E-state index contributed by atoms with van der Waals surface area (Å²) < 4.78 is 10.9. The number of carbonyl (C=O) groups is 1. The number of morpholine rings is 1. The number of hydrogen-bond donors (Lipinski definition) is 0. The Bertz CT molecular complexity index is 526. The van der Waals surface area contributed by atoms with Crippen LogP contribution in [0.2, 0.25) is 0 Å². The number of rotatable bonds is 3. The van der Waals surface area contributed by atoms with Crippen molar-refractivity contribution in [3.05, 3.63) is 40.3 Å². The van der Waals surface area contributed by atoms with E-state index in [0.29, 0.717) is 23.9 Å². The molecule has 1 aliphatic rings. The van der Waals surface area contributed by atoms with Gasteiger partial charge >= 0.3 is 0 Å². The van der Waals surface area contributed by atoms with Crippen LogP contribution in [-0.4, -0.2) is 32.1 Å². The standard InChI is InChI=1S/C13H13NO3S/c15-13(11-2-1-9-18-11)10-3-4-12(17-10)14-5-7-16-8-6-14/h1-4,9H,5-8H2. The molecule has 1 saturated heterocycles. The second-order valence-electron chi connectivity index (χ2n) is 4.04. The molecule has 4 nitrogen and oxygen atoms in total. The lowest BCUT2D eigenvalue weighted by atomic mass is 10.2. The second-order valence-corrected chi connectivity index (χ2v) is 4.99. The van der Waals surface area contributed by atoms with Crippen LogP contribution in [0.3, 0.4) is 0 Å². The third-order valence-corrected chi connectivity index (χ3v) is 3.75. The molecule has 0 N–H and O–H groups in total. The molecule has 0 amide bonds. The molecule has 0 atom stereocenters. The Morgan fingerprint density at radius 2 is 2.06 bits per heavy atom. The molecule has 0 spiro atoms. The van der Waals surface area contributed by atoms with Gasteiger partial charge in [0.1, 0.15) is 0 Å². The molecule has 0 saturated carbocycles. The van der Waals surface area contributed by atoms with E-state index >= 15 is 0 Å². The van der Waals surface area contributed by atoms with Crippen molar-refractivity contribution in [2.45, 2.75) is 0 Å². The summed E-state index contributed by atoms with van der Waals surface area (Å²) in [5.74, 6) is 1.10. The van der Waals surface area contributed by atoms with Gasteiger partial charge in [-0.2, -0.15) is 0 Å². The van der Waals surface area contributed by atoms with Crippen LogP contribution in [0.25, 0.3) is 0 Å². The minimum atomic E-state index is -0.0514. The van der Waals surface area contributed by atoms with E-state index in [0.717, 1.165) is 19.0 Å². The highest BCUT2D eigenvalue weighted by Gasteiger charge is 2.18. The molecule has 0 bridgehead atoms.